The number of ether oxygens (including phenoxy) is 1. The first kappa shape index (κ1) is 21.0. The maximum absolute atomic E-state index is 13.3. The van der Waals surface area contributed by atoms with E-state index in [9.17, 15) is 18.8 Å². The molecule has 3 rings (SSSR count). The summed E-state index contributed by atoms with van der Waals surface area (Å²) in [5.41, 5.74) is -0.329. The van der Waals surface area contributed by atoms with Crippen LogP contribution in [0.1, 0.15) is 32.4 Å². The number of hydrogen-bond acceptors (Lipinski definition) is 6. The summed E-state index contributed by atoms with van der Waals surface area (Å²) in [4.78, 5) is 37.7. The van der Waals surface area contributed by atoms with Gasteiger partial charge in [0.1, 0.15) is 24.0 Å². The Morgan fingerprint density at radius 1 is 1.30 bits per heavy atom. The number of methoxy groups -OCH3 is 1. The van der Waals surface area contributed by atoms with Gasteiger partial charge in [0.2, 0.25) is 5.91 Å². The first-order chi connectivity index (χ1) is 14.4. The monoisotopic (exact) mass is 425 g/mol. The van der Waals surface area contributed by atoms with E-state index in [1.54, 1.807) is 18.2 Å². The number of carbonyl (C=O) groups is 2. The van der Waals surface area contributed by atoms with Crippen LogP contribution in [0, 0.1) is 17.1 Å². The molecule has 0 radical (unpaired) electrons. The number of hydrogen-bond donors (Lipinski definition) is 1. The Kier molecular flexibility index (Phi) is 6.39. The van der Waals surface area contributed by atoms with Crippen LogP contribution in [0.2, 0.25) is 0 Å². The number of pyridine rings is 1. The molecule has 1 aromatic carbocycles. The van der Waals surface area contributed by atoms with E-state index < -0.39 is 35.8 Å². The van der Waals surface area contributed by atoms with Gasteiger partial charge in [0.05, 0.1) is 18.7 Å². The van der Waals surface area contributed by atoms with Gasteiger partial charge < -0.3 is 14.6 Å². The Balaban J connectivity index is 1.89. The van der Waals surface area contributed by atoms with Crippen molar-refractivity contribution in [2.75, 3.05) is 7.11 Å². The Morgan fingerprint density at radius 3 is 2.63 bits per heavy atom. The number of nitriles is 1. The lowest BCUT2D eigenvalue weighted by atomic mass is 10.1. The molecule has 1 amide bonds. The first-order valence-corrected chi connectivity index (χ1v) is 9.62. The van der Waals surface area contributed by atoms with Crippen molar-refractivity contribution in [3.63, 3.8) is 0 Å². The average molecular weight is 425 g/mol. The molecule has 152 valence electrons. The molecule has 0 aliphatic rings. The van der Waals surface area contributed by atoms with E-state index in [1.165, 1.54) is 36.8 Å². The summed E-state index contributed by atoms with van der Waals surface area (Å²) in [6, 6.07) is 11.7. The summed E-state index contributed by atoms with van der Waals surface area (Å²) in [7, 11) is 1.17. The van der Waals surface area contributed by atoms with Crippen LogP contribution in [0.15, 0.2) is 58.8 Å². The lowest BCUT2D eigenvalue weighted by Gasteiger charge is -2.19. The van der Waals surface area contributed by atoms with Crippen molar-refractivity contribution >= 4 is 23.2 Å². The number of rotatable bonds is 6. The van der Waals surface area contributed by atoms with Gasteiger partial charge in [-0.25, -0.2) is 9.18 Å². The Labute approximate surface area is 175 Å². The van der Waals surface area contributed by atoms with Gasteiger partial charge in [-0.2, -0.15) is 5.26 Å². The summed E-state index contributed by atoms with van der Waals surface area (Å²) in [6.07, 6.45) is 1.17. The maximum atomic E-state index is 13.3. The molecule has 30 heavy (non-hydrogen) atoms. The zero-order chi connectivity index (χ0) is 21.7. The summed E-state index contributed by atoms with van der Waals surface area (Å²) in [5, 5.41) is 13.8. The van der Waals surface area contributed by atoms with E-state index >= 15 is 0 Å². The molecule has 9 heteroatoms. The second kappa shape index (κ2) is 9.15. The average Bonchev–Trinajstić information content (AvgIpc) is 3.28. The van der Waals surface area contributed by atoms with Gasteiger partial charge in [-0.1, -0.05) is 18.2 Å². The number of amides is 1. The van der Waals surface area contributed by atoms with Crippen molar-refractivity contribution in [1.82, 2.24) is 9.88 Å². The number of esters is 1. The second-order valence-corrected chi connectivity index (χ2v) is 7.23. The normalized spacial score (nSPS) is 11.4. The largest absolute Gasteiger partial charge is 0.465 e. The topological polar surface area (TPSA) is 101 Å². The molecule has 0 aliphatic carbocycles. The lowest BCUT2D eigenvalue weighted by molar-refractivity contribution is -0.122. The first-order valence-electron chi connectivity index (χ1n) is 8.74. The molecule has 0 saturated carbocycles. The Bertz CT molecular complexity index is 1160. The van der Waals surface area contributed by atoms with Gasteiger partial charge in [-0.05, 0) is 35.2 Å². The van der Waals surface area contributed by atoms with Gasteiger partial charge in [0.25, 0.3) is 5.56 Å². The number of benzene rings is 1. The summed E-state index contributed by atoms with van der Waals surface area (Å²) < 4.78 is 18.9. The van der Waals surface area contributed by atoms with Crippen molar-refractivity contribution in [2.24, 2.45) is 0 Å². The molecule has 2 heterocycles. The quantitative estimate of drug-likeness (QED) is 0.612. The van der Waals surface area contributed by atoms with E-state index in [1.807, 2.05) is 17.5 Å². The van der Waals surface area contributed by atoms with Crippen LogP contribution in [-0.4, -0.2) is 23.6 Å². The molecule has 0 bridgehead atoms. The fourth-order valence-electron chi connectivity index (χ4n) is 2.85. The van der Waals surface area contributed by atoms with Crippen LogP contribution in [-0.2, 0) is 16.1 Å². The van der Waals surface area contributed by atoms with E-state index in [2.05, 4.69) is 10.1 Å². The zero-order valence-electron chi connectivity index (χ0n) is 15.8. The predicted molar refractivity (Wildman–Crippen MR) is 107 cm³/mol. The van der Waals surface area contributed by atoms with Crippen LogP contribution >= 0.6 is 11.3 Å². The highest BCUT2D eigenvalue weighted by molar-refractivity contribution is 7.10. The molecule has 0 saturated heterocycles. The van der Waals surface area contributed by atoms with Crippen molar-refractivity contribution in [3.8, 4) is 6.07 Å². The van der Waals surface area contributed by atoms with Gasteiger partial charge in [0, 0.05) is 11.1 Å². The van der Waals surface area contributed by atoms with Crippen molar-refractivity contribution in [2.45, 2.75) is 12.6 Å². The summed E-state index contributed by atoms with van der Waals surface area (Å²) in [5.74, 6) is -1.65. The van der Waals surface area contributed by atoms with E-state index in [0.29, 0.717) is 5.56 Å². The van der Waals surface area contributed by atoms with Crippen LogP contribution in [0.5, 0.6) is 0 Å². The highest BCUT2D eigenvalue weighted by atomic mass is 32.1. The minimum Gasteiger partial charge on any atom is -0.465 e. The number of aromatic nitrogens is 1. The fourth-order valence-corrected chi connectivity index (χ4v) is 3.66. The standard InChI is InChI=1S/C21H16FN3O4S/c1-29-21(28)15-9-14(10-23)20(27)25(11-15)12-18(26)24-19(17-3-2-8-30-17)13-4-6-16(22)7-5-13/h2-9,11,19H,12H2,1H3,(H,24,26). The molecular formula is C21H16FN3O4S. The third-order valence-electron chi connectivity index (χ3n) is 4.28. The molecule has 0 fully saturated rings. The van der Waals surface area contributed by atoms with Crippen LogP contribution < -0.4 is 10.9 Å². The predicted octanol–water partition coefficient (Wildman–Crippen LogP) is 2.61. The highest BCUT2D eigenvalue weighted by Crippen LogP contribution is 2.26. The number of halogens is 1. The number of thiophene rings is 1. The fraction of sp³-hybridized carbons (Fsp3) is 0.143. The molecule has 1 atom stereocenters. The van der Waals surface area contributed by atoms with Crippen LogP contribution in [0.4, 0.5) is 4.39 Å². The van der Waals surface area contributed by atoms with Crippen LogP contribution in [0.3, 0.4) is 0 Å². The van der Waals surface area contributed by atoms with Gasteiger partial charge >= 0.3 is 5.97 Å². The van der Waals surface area contributed by atoms with E-state index in [-0.39, 0.29) is 11.1 Å². The minimum atomic E-state index is -0.733. The van der Waals surface area contributed by atoms with Crippen molar-refractivity contribution in [1.29, 1.82) is 5.26 Å². The minimum absolute atomic E-state index is 0.0187. The number of carbonyl (C=O) groups excluding carboxylic acids is 2. The molecule has 1 unspecified atom stereocenters. The Hall–Kier alpha value is -3.77. The zero-order valence-corrected chi connectivity index (χ0v) is 16.6. The van der Waals surface area contributed by atoms with E-state index in [4.69, 9.17) is 5.26 Å². The maximum Gasteiger partial charge on any atom is 0.339 e. The molecule has 0 spiro atoms. The molecule has 3 aromatic rings. The Morgan fingerprint density at radius 2 is 2.03 bits per heavy atom. The molecule has 1 N–H and O–H groups in total. The highest BCUT2D eigenvalue weighted by Gasteiger charge is 2.20. The number of nitrogens with zero attached hydrogens (tertiary/aromatic N) is 2. The third-order valence-corrected chi connectivity index (χ3v) is 5.22. The molecular weight excluding hydrogens is 409 g/mol. The number of nitrogens with one attached hydrogen (secondary N) is 1. The third kappa shape index (κ3) is 4.61. The van der Waals surface area contributed by atoms with Crippen molar-refractivity contribution < 1.29 is 18.7 Å². The second-order valence-electron chi connectivity index (χ2n) is 6.25. The molecule has 2 aromatic heterocycles. The van der Waals surface area contributed by atoms with Gasteiger partial charge in [-0.15, -0.1) is 11.3 Å². The molecule has 7 nitrogen and oxygen atoms in total. The smallest absolute Gasteiger partial charge is 0.339 e. The molecule has 0 aliphatic heterocycles. The van der Waals surface area contributed by atoms with Crippen molar-refractivity contribution in [3.05, 3.63) is 91.8 Å². The van der Waals surface area contributed by atoms with Gasteiger partial charge in [0.15, 0.2) is 0 Å². The lowest BCUT2D eigenvalue weighted by Crippen LogP contribution is -2.35. The van der Waals surface area contributed by atoms with Gasteiger partial charge in [-0.3, -0.25) is 9.59 Å². The van der Waals surface area contributed by atoms with E-state index in [0.717, 1.165) is 15.5 Å². The summed E-state index contributed by atoms with van der Waals surface area (Å²) in [6.45, 7) is -0.415. The SMILES string of the molecule is COC(=O)c1cc(C#N)c(=O)n(CC(=O)NC(c2ccc(F)cc2)c2cccs2)c1. The summed E-state index contributed by atoms with van der Waals surface area (Å²) >= 11 is 1.42. The van der Waals surface area contributed by atoms with Crippen LogP contribution in [0.25, 0.3) is 0 Å².